The second-order valence-electron chi connectivity index (χ2n) is 2.84. The molecule has 5 heteroatoms. The van der Waals surface area contributed by atoms with Crippen molar-refractivity contribution in [2.75, 3.05) is 0 Å². The summed E-state index contributed by atoms with van der Waals surface area (Å²) in [7, 11) is 0. The van der Waals surface area contributed by atoms with E-state index in [0.29, 0.717) is 6.42 Å². The number of hydrogen-bond acceptors (Lipinski definition) is 1. The van der Waals surface area contributed by atoms with Gasteiger partial charge in [0.05, 0.1) is 5.92 Å². The summed E-state index contributed by atoms with van der Waals surface area (Å²) in [4.78, 5) is 10.3. The van der Waals surface area contributed by atoms with Gasteiger partial charge in [-0.25, -0.2) is 8.78 Å². The van der Waals surface area contributed by atoms with Crippen molar-refractivity contribution >= 4 is 24.8 Å². The maximum atomic E-state index is 12.7. The normalized spacial score (nSPS) is 35.3. The fourth-order valence-electron chi connectivity index (χ4n) is 1.36. The van der Waals surface area contributed by atoms with Gasteiger partial charge in [0, 0.05) is 0 Å². The molecule has 0 spiro atoms. The van der Waals surface area contributed by atoms with E-state index in [4.69, 9.17) is 5.11 Å². The molecule has 0 saturated heterocycles. The molecule has 0 aromatic heterocycles. The fraction of sp³-hybridized carbons (Fsp3) is 0.857. The summed E-state index contributed by atoms with van der Waals surface area (Å²) >= 11 is 0. The van der Waals surface area contributed by atoms with E-state index in [0.717, 1.165) is 0 Å². The van der Waals surface area contributed by atoms with Crippen LogP contribution in [0.4, 0.5) is 8.78 Å². The number of carboxylic acid groups (broad SMARTS) is 1. The van der Waals surface area contributed by atoms with Crippen LogP contribution in [0.25, 0.3) is 0 Å². The predicted octanol–water partition coefficient (Wildman–Crippen LogP) is 0.899. The zero-order valence-corrected chi connectivity index (χ0v) is 5.96. The molecule has 1 aliphatic carbocycles. The third-order valence-corrected chi connectivity index (χ3v) is 2.04. The molecule has 1 rings (SSSR count). The molecule has 0 bridgehead atoms. The zero-order chi connectivity index (χ0) is 8.43. The Kier molecular flexibility index (Phi) is 4.80. The van der Waals surface area contributed by atoms with E-state index >= 15 is 0 Å². The third kappa shape index (κ3) is 2.46. The Morgan fingerprint density at radius 3 is 2.33 bits per heavy atom. The van der Waals surface area contributed by atoms with Gasteiger partial charge >= 0.3 is 24.8 Å². The molecule has 0 aromatic carbocycles. The Balaban J connectivity index is 0.00000121. The molecule has 66 valence electrons. The molecule has 1 aliphatic rings. The van der Waals surface area contributed by atoms with Gasteiger partial charge in [-0.15, -0.1) is 0 Å². The molecule has 0 heterocycles. The molecule has 1 N–H and O–H groups in total. The van der Waals surface area contributed by atoms with E-state index < -0.39 is 24.2 Å². The van der Waals surface area contributed by atoms with Crippen LogP contribution in [0.15, 0.2) is 0 Å². The van der Waals surface area contributed by atoms with Crippen LogP contribution in [0, 0.1) is 5.92 Å². The SMILES string of the molecule is O=C(O)C1CCCC(F)C1F.[LiH]. The minimum atomic E-state index is -1.80. The van der Waals surface area contributed by atoms with Gasteiger partial charge in [-0.1, -0.05) is 0 Å². The Labute approximate surface area is 81.5 Å². The number of aliphatic carboxylic acids is 1. The van der Waals surface area contributed by atoms with E-state index in [-0.39, 0.29) is 31.7 Å². The van der Waals surface area contributed by atoms with Crippen molar-refractivity contribution in [3.63, 3.8) is 0 Å². The first kappa shape index (κ1) is 11.9. The van der Waals surface area contributed by atoms with Crippen molar-refractivity contribution in [2.24, 2.45) is 5.92 Å². The van der Waals surface area contributed by atoms with Crippen LogP contribution in [0.2, 0.25) is 0 Å². The predicted molar refractivity (Wildman–Crippen MR) is 41.9 cm³/mol. The Hall–Kier alpha value is -0.0726. The average Bonchev–Trinajstić information content (AvgIpc) is 1.94. The Bertz CT molecular complexity index is 165. The van der Waals surface area contributed by atoms with Crippen molar-refractivity contribution in [3.8, 4) is 0 Å². The first-order chi connectivity index (χ1) is 5.13. The summed E-state index contributed by atoms with van der Waals surface area (Å²) in [5, 5.41) is 8.42. The molecular formula is C7H11F2LiO2. The van der Waals surface area contributed by atoms with Crippen LogP contribution in [0.3, 0.4) is 0 Å². The average molecular weight is 172 g/mol. The van der Waals surface area contributed by atoms with E-state index in [2.05, 4.69) is 0 Å². The molecule has 0 amide bonds. The second kappa shape index (κ2) is 4.83. The maximum absolute atomic E-state index is 12.7. The van der Waals surface area contributed by atoms with Crippen LogP contribution in [-0.4, -0.2) is 42.3 Å². The molecule has 3 unspecified atom stereocenters. The summed E-state index contributed by atoms with van der Waals surface area (Å²) < 4.78 is 25.3. The summed E-state index contributed by atoms with van der Waals surface area (Å²) in [6.45, 7) is 0. The van der Waals surface area contributed by atoms with Gasteiger partial charge in [0.15, 0.2) is 0 Å². The molecule has 0 aromatic rings. The topological polar surface area (TPSA) is 37.3 Å². The zero-order valence-electron chi connectivity index (χ0n) is 5.96. The fourth-order valence-corrected chi connectivity index (χ4v) is 1.36. The van der Waals surface area contributed by atoms with Crippen LogP contribution >= 0.6 is 0 Å². The number of hydrogen-bond donors (Lipinski definition) is 1. The van der Waals surface area contributed by atoms with Gasteiger partial charge in [0.25, 0.3) is 0 Å². The van der Waals surface area contributed by atoms with Crippen LogP contribution in [-0.2, 0) is 4.79 Å². The van der Waals surface area contributed by atoms with Gasteiger partial charge in [0.2, 0.25) is 0 Å². The number of rotatable bonds is 1. The molecule has 3 atom stereocenters. The van der Waals surface area contributed by atoms with Crippen LogP contribution < -0.4 is 0 Å². The molecule has 2 nitrogen and oxygen atoms in total. The van der Waals surface area contributed by atoms with Crippen molar-refractivity contribution < 1.29 is 18.7 Å². The third-order valence-electron chi connectivity index (χ3n) is 2.04. The number of carbonyl (C=O) groups is 1. The van der Waals surface area contributed by atoms with E-state index in [1.165, 1.54) is 0 Å². The van der Waals surface area contributed by atoms with Crippen molar-refractivity contribution in [3.05, 3.63) is 0 Å². The van der Waals surface area contributed by atoms with Crippen molar-refractivity contribution in [1.82, 2.24) is 0 Å². The van der Waals surface area contributed by atoms with Gasteiger partial charge in [-0.05, 0) is 19.3 Å². The first-order valence-corrected chi connectivity index (χ1v) is 3.64. The van der Waals surface area contributed by atoms with Crippen molar-refractivity contribution in [1.29, 1.82) is 0 Å². The first-order valence-electron chi connectivity index (χ1n) is 3.64. The summed E-state index contributed by atoms with van der Waals surface area (Å²) in [5.74, 6) is -2.35. The van der Waals surface area contributed by atoms with Gasteiger partial charge in [-0.2, -0.15) is 0 Å². The quantitative estimate of drug-likeness (QED) is 0.596. The molecule has 1 fully saturated rings. The molecule has 1 saturated carbocycles. The summed E-state index contributed by atoms with van der Waals surface area (Å²) in [5.41, 5.74) is 0. The van der Waals surface area contributed by atoms with Crippen LogP contribution in [0.1, 0.15) is 19.3 Å². The molecule has 0 radical (unpaired) electrons. The van der Waals surface area contributed by atoms with E-state index in [1.807, 2.05) is 0 Å². The van der Waals surface area contributed by atoms with Crippen molar-refractivity contribution in [2.45, 2.75) is 31.6 Å². The van der Waals surface area contributed by atoms with Gasteiger partial charge in [-0.3, -0.25) is 4.79 Å². The number of halogens is 2. The van der Waals surface area contributed by atoms with E-state index in [9.17, 15) is 13.6 Å². The monoisotopic (exact) mass is 172 g/mol. The second-order valence-corrected chi connectivity index (χ2v) is 2.84. The summed E-state index contributed by atoms with van der Waals surface area (Å²) in [6, 6.07) is 0. The van der Waals surface area contributed by atoms with E-state index in [1.54, 1.807) is 0 Å². The van der Waals surface area contributed by atoms with Crippen LogP contribution in [0.5, 0.6) is 0 Å². The molecule has 0 aliphatic heterocycles. The summed E-state index contributed by atoms with van der Waals surface area (Å²) in [6.07, 6.45) is -2.49. The number of carboxylic acids is 1. The Morgan fingerprint density at radius 1 is 1.33 bits per heavy atom. The standard InChI is InChI=1S/C7H10F2O2.Li.H/c8-5-3-1-2-4(6(5)9)7(10)11;;/h4-6H,1-3H2,(H,10,11);;. The minimum absolute atomic E-state index is 0. The Morgan fingerprint density at radius 2 is 1.92 bits per heavy atom. The molecule has 12 heavy (non-hydrogen) atoms. The van der Waals surface area contributed by atoms with Gasteiger partial charge in [0.1, 0.15) is 12.3 Å². The molecular weight excluding hydrogens is 161 g/mol. The number of alkyl halides is 2. The van der Waals surface area contributed by atoms with Gasteiger partial charge < -0.3 is 5.11 Å².